The third-order valence-corrected chi connectivity index (χ3v) is 3.04. The van der Waals surface area contributed by atoms with Crippen LogP contribution >= 0.6 is 11.6 Å². The second-order valence-corrected chi connectivity index (χ2v) is 4.35. The third-order valence-electron chi connectivity index (χ3n) is 2.63. The van der Waals surface area contributed by atoms with Crippen LogP contribution in [0.4, 0.5) is 5.69 Å². The van der Waals surface area contributed by atoms with Crippen LogP contribution in [-0.2, 0) is 11.2 Å². The van der Waals surface area contributed by atoms with Crippen LogP contribution < -0.4 is 5.32 Å². The molecule has 0 fully saturated rings. The topological polar surface area (TPSA) is 55.1 Å². The largest absolute Gasteiger partial charge is 0.451 e. The lowest BCUT2D eigenvalue weighted by Crippen LogP contribution is -2.13. The molecule has 0 atom stereocenters. The van der Waals surface area contributed by atoms with Crippen LogP contribution in [0.2, 0.25) is 5.02 Å². The highest BCUT2D eigenvalue weighted by Gasteiger charge is 2.07. The smallest absolute Gasteiger partial charge is 0.224 e. The molecule has 0 aliphatic heterocycles. The van der Waals surface area contributed by atoms with Gasteiger partial charge in [-0.25, -0.2) is 4.98 Å². The zero-order valence-electron chi connectivity index (χ0n) is 9.94. The summed E-state index contributed by atoms with van der Waals surface area (Å²) in [5.41, 5.74) is 2.38. The van der Waals surface area contributed by atoms with E-state index in [2.05, 4.69) is 10.3 Å². The molecule has 2 rings (SSSR count). The van der Waals surface area contributed by atoms with E-state index in [-0.39, 0.29) is 5.91 Å². The number of rotatable bonds is 4. The molecule has 2 aromatic rings. The number of carbonyl (C=O) groups excluding carboxylic acids is 1. The van der Waals surface area contributed by atoms with Crippen molar-refractivity contribution in [3.05, 3.63) is 47.1 Å². The van der Waals surface area contributed by atoms with E-state index in [0.29, 0.717) is 17.9 Å². The number of hydrogen-bond donors (Lipinski definition) is 1. The zero-order valence-corrected chi connectivity index (χ0v) is 10.7. The molecule has 0 aliphatic rings. The van der Waals surface area contributed by atoms with E-state index in [1.54, 1.807) is 6.07 Å². The number of amides is 1. The Morgan fingerprint density at radius 2 is 2.33 bits per heavy atom. The number of anilines is 1. The first-order valence-corrected chi connectivity index (χ1v) is 5.96. The summed E-state index contributed by atoms with van der Waals surface area (Å²) in [5, 5.41) is 3.47. The number of aromatic nitrogens is 1. The molecular formula is C13H13ClN2O2. The van der Waals surface area contributed by atoms with Crippen LogP contribution in [0.5, 0.6) is 0 Å². The molecular weight excluding hydrogens is 252 g/mol. The van der Waals surface area contributed by atoms with E-state index >= 15 is 0 Å². The highest BCUT2D eigenvalue weighted by atomic mass is 35.5. The maximum atomic E-state index is 11.8. The SMILES string of the molecule is Cc1c(Cl)cccc1NC(=O)CCc1cocn1. The van der Waals surface area contributed by atoms with Crippen molar-refractivity contribution in [3.63, 3.8) is 0 Å². The summed E-state index contributed by atoms with van der Waals surface area (Å²) in [5.74, 6) is -0.0663. The third kappa shape index (κ3) is 3.11. The fraction of sp³-hybridized carbons (Fsp3) is 0.231. The first-order chi connectivity index (χ1) is 8.66. The molecule has 5 heteroatoms. The van der Waals surface area contributed by atoms with Gasteiger partial charge >= 0.3 is 0 Å². The van der Waals surface area contributed by atoms with Gasteiger partial charge < -0.3 is 9.73 Å². The van der Waals surface area contributed by atoms with Gasteiger partial charge in [0.1, 0.15) is 6.26 Å². The number of hydrogen-bond acceptors (Lipinski definition) is 3. The Labute approximate surface area is 110 Å². The van der Waals surface area contributed by atoms with E-state index in [4.69, 9.17) is 16.0 Å². The molecule has 0 aliphatic carbocycles. The fourth-order valence-electron chi connectivity index (χ4n) is 1.56. The van der Waals surface area contributed by atoms with Crippen LogP contribution in [0.1, 0.15) is 17.7 Å². The van der Waals surface area contributed by atoms with Crippen LogP contribution in [0.15, 0.2) is 35.3 Å². The van der Waals surface area contributed by atoms with Crippen molar-refractivity contribution < 1.29 is 9.21 Å². The van der Waals surface area contributed by atoms with E-state index in [1.165, 1.54) is 12.7 Å². The molecule has 18 heavy (non-hydrogen) atoms. The van der Waals surface area contributed by atoms with Gasteiger partial charge in [-0.05, 0) is 24.6 Å². The van der Waals surface area contributed by atoms with Gasteiger partial charge in [0.05, 0.1) is 5.69 Å². The summed E-state index contributed by atoms with van der Waals surface area (Å²) in [6, 6.07) is 5.43. The lowest BCUT2D eigenvalue weighted by molar-refractivity contribution is -0.116. The molecule has 0 saturated heterocycles. The molecule has 1 N–H and O–H groups in total. The Balaban J connectivity index is 1.93. The van der Waals surface area contributed by atoms with Gasteiger partial charge in [-0.2, -0.15) is 0 Å². The Kier molecular flexibility index (Phi) is 3.99. The first kappa shape index (κ1) is 12.6. The van der Waals surface area contributed by atoms with Gasteiger partial charge in [-0.3, -0.25) is 4.79 Å². The molecule has 1 amide bonds. The molecule has 1 heterocycles. The maximum Gasteiger partial charge on any atom is 0.224 e. The quantitative estimate of drug-likeness (QED) is 0.923. The van der Waals surface area contributed by atoms with Crippen molar-refractivity contribution in [1.82, 2.24) is 4.98 Å². The van der Waals surface area contributed by atoms with Gasteiger partial charge in [0.25, 0.3) is 0 Å². The minimum Gasteiger partial charge on any atom is -0.451 e. The minimum atomic E-state index is -0.0663. The number of nitrogens with one attached hydrogen (secondary N) is 1. The molecule has 94 valence electrons. The molecule has 1 aromatic carbocycles. The predicted molar refractivity (Wildman–Crippen MR) is 69.6 cm³/mol. The molecule has 4 nitrogen and oxygen atoms in total. The molecule has 1 aromatic heterocycles. The maximum absolute atomic E-state index is 11.8. The van der Waals surface area contributed by atoms with Crippen molar-refractivity contribution in [2.24, 2.45) is 0 Å². The Bertz CT molecular complexity index is 538. The summed E-state index contributed by atoms with van der Waals surface area (Å²) < 4.78 is 4.84. The van der Waals surface area contributed by atoms with Crippen molar-refractivity contribution in [3.8, 4) is 0 Å². The monoisotopic (exact) mass is 264 g/mol. The van der Waals surface area contributed by atoms with Gasteiger partial charge in [-0.1, -0.05) is 17.7 Å². The minimum absolute atomic E-state index is 0.0663. The average molecular weight is 265 g/mol. The second kappa shape index (κ2) is 5.69. The number of carbonyl (C=O) groups is 1. The summed E-state index contributed by atoms with van der Waals surface area (Å²) in [7, 11) is 0. The van der Waals surface area contributed by atoms with E-state index < -0.39 is 0 Å². The Morgan fingerprint density at radius 1 is 1.50 bits per heavy atom. The summed E-state index contributed by atoms with van der Waals surface area (Å²) >= 11 is 5.98. The van der Waals surface area contributed by atoms with Crippen LogP contribution in [-0.4, -0.2) is 10.9 Å². The highest BCUT2D eigenvalue weighted by molar-refractivity contribution is 6.31. The van der Waals surface area contributed by atoms with E-state index in [9.17, 15) is 4.79 Å². The molecule has 0 unspecified atom stereocenters. The Morgan fingerprint density at radius 3 is 3.06 bits per heavy atom. The highest BCUT2D eigenvalue weighted by Crippen LogP contribution is 2.23. The number of nitrogens with zero attached hydrogens (tertiary/aromatic N) is 1. The van der Waals surface area contributed by atoms with Gasteiger partial charge in [0.2, 0.25) is 5.91 Å². The number of aryl methyl sites for hydroxylation is 1. The lowest BCUT2D eigenvalue weighted by atomic mass is 10.2. The number of benzene rings is 1. The van der Waals surface area contributed by atoms with Crippen LogP contribution in [0, 0.1) is 6.92 Å². The molecule has 0 bridgehead atoms. The van der Waals surface area contributed by atoms with E-state index in [1.807, 2.05) is 19.1 Å². The van der Waals surface area contributed by atoms with Gasteiger partial charge in [0, 0.05) is 23.6 Å². The van der Waals surface area contributed by atoms with Crippen LogP contribution in [0.3, 0.4) is 0 Å². The molecule has 0 radical (unpaired) electrons. The standard InChI is InChI=1S/C13H13ClN2O2/c1-9-11(14)3-2-4-12(9)16-13(17)6-5-10-7-18-8-15-10/h2-4,7-8H,5-6H2,1H3,(H,16,17). The fourth-order valence-corrected chi connectivity index (χ4v) is 1.73. The second-order valence-electron chi connectivity index (χ2n) is 3.94. The normalized spacial score (nSPS) is 10.3. The lowest BCUT2D eigenvalue weighted by Gasteiger charge is -2.08. The predicted octanol–water partition coefficient (Wildman–Crippen LogP) is 3.21. The number of halogens is 1. The van der Waals surface area contributed by atoms with Crippen molar-refractivity contribution in [2.75, 3.05) is 5.32 Å². The molecule has 0 saturated carbocycles. The van der Waals surface area contributed by atoms with Crippen LogP contribution in [0.25, 0.3) is 0 Å². The van der Waals surface area contributed by atoms with Gasteiger partial charge in [0.15, 0.2) is 6.39 Å². The van der Waals surface area contributed by atoms with Gasteiger partial charge in [-0.15, -0.1) is 0 Å². The summed E-state index contributed by atoms with van der Waals surface area (Å²) in [4.78, 5) is 15.7. The van der Waals surface area contributed by atoms with Crippen molar-refractivity contribution >= 4 is 23.2 Å². The zero-order chi connectivity index (χ0) is 13.0. The molecule has 0 spiro atoms. The Hall–Kier alpha value is -1.81. The summed E-state index contributed by atoms with van der Waals surface area (Å²) in [6.45, 7) is 1.87. The summed E-state index contributed by atoms with van der Waals surface area (Å²) in [6.07, 6.45) is 3.81. The van der Waals surface area contributed by atoms with E-state index in [0.717, 1.165) is 16.9 Å². The van der Waals surface area contributed by atoms with Crippen molar-refractivity contribution in [2.45, 2.75) is 19.8 Å². The first-order valence-electron chi connectivity index (χ1n) is 5.59. The average Bonchev–Trinajstić information content (AvgIpc) is 2.86. The van der Waals surface area contributed by atoms with Crippen molar-refractivity contribution in [1.29, 1.82) is 0 Å². The number of oxazole rings is 1.